The predicted octanol–water partition coefficient (Wildman–Crippen LogP) is 4.20. The van der Waals surface area contributed by atoms with Crippen molar-refractivity contribution in [2.24, 2.45) is 0 Å². The molecule has 2 aromatic carbocycles. The molecule has 1 heterocycles. The van der Waals surface area contributed by atoms with Gasteiger partial charge in [-0.2, -0.15) is 0 Å². The number of rotatable bonds is 4. The van der Waals surface area contributed by atoms with E-state index in [1.54, 1.807) is 24.4 Å². The molecule has 0 atom stereocenters. The fraction of sp³-hybridized carbons (Fsp3) is 0. The molecule has 0 unspecified atom stereocenters. The highest BCUT2D eigenvalue weighted by atomic mass is 35.5. The molecule has 1 aromatic heterocycles. The van der Waals surface area contributed by atoms with Gasteiger partial charge in [0.2, 0.25) is 0 Å². The van der Waals surface area contributed by atoms with Crippen molar-refractivity contribution < 1.29 is 8.42 Å². The second kappa shape index (κ2) is 6.40. The molecule has 0 aliphatic rings. The van der Waals surface area contributed by atoms with Crippen molar-refractivity contribution in [3.05, 3.63) is 78.1 Å². The van der Waals surface area contributed by atoms with E-state index in [1.165, 1.54) is 18.3 Å². The van der Waals surface area contributed by atoms with Gasteiger partial charge in [0, 0.05) is 11.8 Å². The summed E-state index contributed by atoms with van der Waals surface area (Å²) in [6.07, 6.45) is 3.14. The number of nitrogens with one attached hydrogen (secondary N) is 1. The summed E-state index contributed by atoms with van der Waals surface area (Å²) in [4.78, 5) is 4.14. The maximum atomic E-state index is 12.4. The van der Waals surface area contributed by atoms with Crippen LogP contribution in [0.1, 0.15) is 0 Å². The van der Waals surface area contributed by atoms with Gasteiger partial charge in [-0.05, 0) is 23.8 Å². The van der Waals surface area contributed by atoms with Gasteiger partial charge in [0.15, 0.2) is 0 Å². The smallest absolute Gasteiger partial charge is 0.263 e. The van der Waals surface area contributed by atoms with Crippen molar-refractivity contribution >= 4 is 27.3 Å². The van der Waals surface area contributed by atoms with Crippen molar-refractivity contribution in [3.8, 4) is 11.1 Å². The Hall–Kier alpha value is -2.37. The van der Waals surface area contributed by atoms with Gasteiger partial charge in [0.25, 0.3) is 10.0 Å². The lowest BCUT2D eigenvalue weighted by atomic mass is 10.1. The van der Waals surface area contributed by atoms with E-state index in [1.807, 2.05) is 30.3 Å². The fourth-order valence-electron chi connectivity index (χ4n) is 2.16. The van der Waals surface area contributed by atoms with Crippen molar-refractivity contribution in [1.29, 1.82) is 0 Å². The molecule has 0 saturated heterocycles. The van der Waals surface area contributed by atoms with Gasteiger partial charge in [0.1, 0.15) is 4.90 Å². The van der Waals surface area contributed by atoms with E-state index in [2.05, 4.69) is 9.71 Å². The molecular weight excluding hydrogens is 332 g/mol. The average Bonchev–Trinajstić information content (AvgIpc) is 2.56. The van der Waals surface area contributed by atoms with Gasteiger partial charge >= 0.3 is 0 Å². The monoisotopic (exact) mass is 344 g/mol. The first-order valence-electron chi connectivity index (χ1n) is 6.84. The zero-order valence-corrected chi connectivity index (χ0v) is 13.6. The van der Waals surface area contributed by atoms with E-state index in [4.69, 9.17) is 11.6 Å². The summed E-state index contributed by atoms with van der Waals surface area (Å²) in [6.45, 7) is 0. The van der Waals surface area contributed by atoms with Gasteiger partial charge < -0.3 is 0 Å². The molecule has 0 aliphatic heterocycles. The van der Waals surface area contributed by atoms with Crippen molar-refractivity contribution in [2.75, 3.05) is 4.72 Å². The number of aromatic nitrogens is 1. The molecule has 0 aliphatic carbocycles. The van der Waals surface area contributed by atoms with Gasteiger partial charge in [0.05, 0.1) is 16.9 Å². The minimum Gasteiger partial charge on any atom is -0.278 e. The molecule has 0 radical (unpaired) electrons. The Kier molecular flexibility index (Phi) is 4.32. The lowest BCUT2D eigenvalue weighted by Crippen LogP contribution is -2.13. The molecule has 116 valence electrons. The SMILES string of the molecule is O=S(=O)(Nc1cncc(-c2ccccc2)c1)c1ccccc1Cl. The standard InChI is InChI=1S/C17H13ClN2O2S/c18-16-8-4-5-9-17(16)23(21,22)20-15-10-14(11-19-12-15)13-6-2-1-3-7-13/h1-12,20H. The first-order valence-corrected chi connectivity index (χ1v) is 8.70. The summed E-state index contributed by atoms with van der Waals surface area (Å²) in [5, 5.41) is 0.173. The summed E-state index contributed by atoms with van der Waals surface area (Å²) in [5.41, 5.74) is 2.16. The highest BCUT2D eigenvalue weighted by molar-refractivity contribution is 7.92. The summed E-state index contributed by atoms with van der Waals surface area (Å²) in [6, 6.07) is 17.6. The number of sulfonamides is 1. The van der Waals surface area contributed by atoms with Crippen LogP contribution in [0.5, 0.6) is 0 Å². The molecular formula is C17H13ClN2O2S. The Labute approximate surface area is 139 Å². The molecule has 0 bridgehead atoms. The Morgan fingerprint density at radius 2 is 1.57 bits per heavy atom. The Morgan fingerprint density at radius 1 is 0.870 bits per heavy atom. The Morgan fingerprint density at radius 3 is 2.30 bits per heavy atom. The van der Waals surface area contributed by atoms with Crippen LogP contribution in [0.15, 0.2) is 78.0 Å². The van der Waals surface area contributed by atoms with Crippen LogP contribution < -0.4 is 4.72 Å². The number of hydrogen-bond acceptors (Lipinski definition) is 3. The zero-order valence-electron chi connectivity index (χ0n) is 12.0. The quantitative estimate of drug-likeness (QED) is 0.771. The van der Waals surface area contributed by atoms with Crippen LogP contribution in [0.4, 0.5) is 5.69 Å². The second-order valence-electron chi connectivity index (χ2n) is 4.86. The number of hydrogen-bond donors (Lipinski definition) is 1. The summed E-state index contributed by atoms with van der Waals surface area (Å²) in [5.74, 6) is 0. The summed E-state index contributed by atoms with van der Waals surface area (Å²) >= 11 is 5.97. The summed E-state index contributed by atoms with van der Waals surface area (Å²) in [7, 11) is -3.76. The maximum Gasteiger partial charge on any atom is 0.263 e. The second-order valence-corrected chi connectivity index (χ2v) is 6.92. The van der Waals surface area contributed by atoms with Crippen LogP contribution in [0, 0.1) is 0 Å². The van der Waals surface area contributed by atoms with E-state index in [0.717, 1.165) is 11.1 Å². The fourth-order valence-corrected chi connectivity index (χ4v) is 3.71. The lowest BCUT2D eigenvalue weighted by molar-refractivity contribution is 0.601. The molecule has 23 heavy (non-hydrogen) atoms. The van der Waals surface area contributed by atoms with Crippen LogP contribution in [0.2, 0.25) is 5.02 Å². The van der Waals surface area contributed by atoms with Crippen molar-refractivity contribution in [1.82, 2.24) is 4.98 Å². The first-order chi connectivity index (χ1) is 11.1. The molecule has 3 rings (SSSR count). The average molecular weight is 345 g/mol. The topological polar surface area (TPSA) is 59.1 Å². The van der Waals surface area contributed by atoms with Gasteiger partial charge in [-0.25, -0.2) is 8.42 Å². The molecule has 0 amide bonds. The highest BCUT2D eigenvalue weighted by Crippen LogP contribution is 2.25. The van der Waals surface area contributed by atoms with Crippen LogP contribution in [0.3, 0.4) is 0 Å². The van der Waals surface area contributed by atoms with Crippen LogP contribution in [-0.2, 0) is 10.0 Å². The minimum atomic E-state index is -3.76. The molecule has 0 fully saturated rings. The molecule has 3 aromatic rings. The normalized spacial score (nSPS) is 11.2. The Balaban J connectivity index is 1.93. The van der Waals surface area contributed by atoms with Gasteiger partial charge in [-0.15, -0.1) is 0 Å². The predicted molar refractivity (Wildman–Crippen MR) is 91.9 cm³/mol. The molecule has 4 nitrogen and oxygen atoms in total. The Bertz CT molecular complexity index is 928. The van der Waals surface area contributed by atoms with Crippen LogP contribution in [-0.4, -0.2) is 13.4 Å². The van der Waals surface area contributed by atoms with Crippen LogP contribution in [0.25, 0.3) is 11.1 Å². The maximum absolute atomic E-state index is 12.4. The van der Waals surface area contributed by atoms with Gasteiger partial charge in [-0.1, -0.05) is 54.1 Å². The van der Waals surface area contributed by atoms with E-state index < -0.39 is 10.0 Å². The highest BCUT2D eigenvalue weighted by Gasteiger charge is 2.17. The molecule has 0 saturated carbocycles. The molecule has 1 N–H and O–H groups in total. The zero-order chi connectivity index (χ0) is 16.3. The van der Waals surface area contributed by atoms with Crippen LogP contribution >= 0.6 is 11.6 Å². The van der Waals surface area contributed by atoms with E-state index >= 15 is 0 Å². The third kappa shape index (κ3) is 3.52. The van der Waals surface area contributed by atoms with E-state index in [0.29, 0.717) is 5.69 Å². The number of pyridine rings is 1. The largest absolute Gasteiger partial charge is 0.278 e. The lowest BCUT2D eigenvalue weighted by Gasteiger charge is -2.10. The third-order valence-electron chi connectivity index (χ3n) is 3.22. The van der Waals surface area contributed by atoms with Crippen molar-refractivity contribution in [3.63, 3.8) is 0 Å². The molecule has 0 spiro atoms. The number of anilines is 1. The summed E-state index contributed by atoms with van der Waals surface area (Å²) < 4.78 is 27.4. The number of benzene rings is 2. The number of halogens is 1. The van der Waals surface area contributed by atoms with E-state index in [9.17, 15) is 8.42 Å². The molecule has 6 heteroatoms. The number of nitrogens with zero attached hydrogens (tertiary/aromatic N) is 1. The van der Waals surface area contributed by atoms with Gasteiger partial charge in [-0.3, -0.25) is 9.71 Å². The minimum absolute atomic E-state index is 0.0341. The third-order valence-corrected chi connectivity index (χ3v) is 5.10. The van der Waals surface area contributed by atoms with Crippen molar-refractivity contribution in [2.45, 2.75) is 4.90 Å². The first kappa shape index (κ1) is 15.5. The van der Waals surface area contributed by atoms with E-state index in [-0.39, 0.29) is 9.92 Å².